The Bertz CT molecular complexity index is 2310. The van der Waals surface area contributed by atoms with Gasteiger partial charge in [-0.15, -0.1) is 0 Å². The summed E-state index contributed by atoms with van der Waals surface area (Å²) in [5.74, 6) is 0.652. The predicted octanol–water partition coefficient (Wildman–Crippen LogP) is 11.4. The molecule has 0 aliphatic heterocycles. The maximum atomic E-state index is 6.47. The number of aromatic nitrogens is 1. The van der Waals surface area contributed by atoms with Crippen molar-refractivity contribution in [1.82, 2.24) is 4.98 Å². The van der Waals surface area contributed by atoms with E-state index in [2.05, 4.69) is 111 Å². The molecule has 1 aromatic heterocycles. The van der Waals surface area contributed by atoms with Gasteiger partial charge in [0.2, 0.25) is 5.89 Å². The zero-order chi connectivity index (χ0) is 28.9. The number of hydrogen-bond donors (Lipinski definition) is 0. The molecule has 0 atom stereocenters. The molecule has 2 nitrogen and oxygen atoms in total. The number of nitrogens with zero attached hydrogens (tertiary/aromatic N) is 1. The minimum absolute atomic E-state index is 0.652. The van der Waals surface area contributed by atoms with Crippen LogP contribution in [0.1, 0.15) is 25.0 Å². The Labute approximate surface area is 251 Å². The van der Waals surface area contributed by atoms with Crippen molar-refractivity contribution in [3.8, 4) is 33.7 Å². The summed E-state index contributed by atoms with van der Waals surface area (Å²) in [4.78, 5) is 4.85. The lowest BCUT2D eigenvalue weighted by atomic mass is 9.87. The smallest absolute Gasteiger partial charge is 0.227 e. The molecular formula is C41H31NO. The normalized spacial score (nSPS) is 11.7. The average molecular weight is 554 g/mol. The summed E-state index contributed by atoms with van der Waals surface area (Å²) in [7, 11) is 0. The van der Waals surface area contributed by atoms with E-state index in [4.69, 9.17) is 9.40 Å². The molecule has 0 unspecified atom stereocenters. The molecule has 1 heterocycles. The van der Waals surface area contributed by atoms with Gasteiger partial charge >= 0.3 is 0 Å². The lowest BCUT2D eigenvalue weighted by Gasteiger charge is -2.17. The van der Waals surface area contributed by atoms with Crippen LogP contribution in [0, 0.1) is 0 Å². The first-order valence-electron chi connectivity index (χ1n) is 15.2. The maximum Gasteiger partial charge on any atom is 0.227 e. The summed E-state index contributed by atoms with van der Waals surface area (Å²) in [6, 6.07) is 45.9. The van der Waals surface area contributed by atoms with Crippen molar-refractivity contribution in [2.24, 2.45) is 0 Å². The molecule has 7 aromatic carbocycles. The summed E-state index contributed by atoms with van der Waals surface area (Å²) in [5.41, 5.74) is 10.6. The Kier molecular flexibility index (Phi) is 6.08. The van der Waals surface area contributed by atoms with Crippen molar-refractivity contribution in [3.63, 3.8) is 0 Å². The molecular weight excluding hydrogens is 522 g/mol. The van der Waals surface area contributed by atoms with Gasteiger partial charge in [-0.05, 0) is 97.4 Å². The van der Waals surface area contributed by atoms with Gasteiger partial charge < -0.3 is 4.42 Å². The highest BCUT2D eigenvalue weighted by atomic mass is 16.3. The summed E-state index contributed by atoms with van der Waals surface area (Å²) in [6.07, 6.45) is 1.97. The highest BCUT2D eigenvalue weighted by Crippen LogP contribution is 2.39. The third kappa shape index (κ3) is 4.21. The van der Waals surface area contributed by atoms with Crippen molar-refractivity contribution in [2.45, 2.75) is 26.7 Å². The molecule has 0 aliphatic rings. The zero-order valence-corrected chi connectivity index (χ0v) is 24.4. The molecule has 0 fully saturated rings. The van der Waals surface area contributed by atoms with E-state index in [0.29, 0.717) is 5.89 Å². The lowest BCUT2D eigenvalue weighted by molar-refractivity contribution is 0.623. The van der Waals surface area contributed by atoms with Gasteiger partial charge in [-0.3, -0.25) is 0 Å². The van der Waals surface area contributed by atoms with E-state index in [9.17, 15) is 0 Å². The fourth-order valence-corrected chi connectivity index (χ4v) is 6.64. The number of rotatable bonds is 5. The van der Waals surface area contributed by atoms with E-state index in [1.54, 1.807) is 0 Å². The van der Waals surface area contributed by atoms with Crippen molar-refractivity contribution < 1.29 is 4.42 Å². The van der Waals surface area contributed by atoms with Crippen molar-refractivity contribution in [2.75, 3.05) is 0 Å². The molecule has 0 amide bonds. The molecule has 43 heavy (non-hydrogen) atoms. The van der Waals surface area contributed by atoms with Gasteiger partial charge in [-0.2, -0.15) is 0 Å². The Morgan fingerprint density at radius 1 is 0.535 bits per heavy atom. The predicted molar refractivity (Wildman–Crippen MR) is 182 cm³/mol. The lowest BCUT2D eigenvalue weighted by Crippen LogP contribution is -1.95. The monoisotopic (exact) mass is 553 g/mol. The van der Waals surface area contributed by atoms with Gasteiger partial charge in [0, 0.05) is 10.9 Å². The van der Waals surface area contributed by atoms with E-state index in [1.165, 1.54) is 54.9 Å². The molecule has 8 aromatic rings. The number of fused-ring (bicyclic) bond motifs is 6. The molecule has 0 N–H and O–H groups in total. The molecule has 0 spiro atoms. The minimum Gasteiger partial charge on any atom is -0.435 e. The van der Waals surface area contributed by atoms with Gasteiger partial charge in [0.1, 0.15) is 5.52 Å². The Morgan fingerprint density at radius 2 is 1.21 bits per heavy atom. The molecule has 0 saturated heterocycles. The van der Waals surface area contributed by atoms with Gasteiger partial charge in [-0.25, -0.2) is 4.98 Å². The number of oxazole rings is 1. The van der Waals surface area contributed by atoms with Gasteiger partial charge in [-0.1, -0.05) is 117 Å². The molecule has 0 saturated carbocycles. The van der Waals surface area contributed by atoms with Crippen molar-refractivity contribution in [3.05, 3.63) is 139 Å². The van der Waals surface area contributed by atoms with Crippen LogP contribution in [-0.2, 0) is 12.8 Å². The molecule has 0 radical (unpaired) electrons. The van der Waals surface area contributed by atoms with E-state index in [-0.39, 0.29) is 0 Å². The Hall–Kier alpha value is -5.21. The second kappa shape index (κ2) is 10.3. The van der Waals surface area contributed by atoms with Gasteiger partial charge in [0.15, 0.2) is 5.58 Å². The van der Waals surface area contributed by atoms with Crippen LogP contribution in [0.4, 0.5) is 0 Å². The fourth-order valence-electron chi connectivity index (χ4n) is 6.64. The fraction of sp³-hybridized carbons (Fsp3) is 0.0976. The third-order valence-electron chi connectivity index (χ3n) is 8.86. The van der Waals surface area contributed by atoms with E-state index >= 15 is 0 Å². The second-order valence-corrected chi connectivity index (χ2v) is 11.3. The third-order valence-corrected chi connectivity index (χ3v) is 8.86. The first-order valence-corrected chi connectivity index (χ1v) is 15.2. The first kappa shape index (κ1) is 25.5. The van der Waals surface area contributed by atoms with Crippen LogP contribution in [0.25, 0.3) is 77.1 Å². The van der Waals surface area contributed by atoms with Crippen LogP contribution in [-0.4, -0.2) is 4.98 Å². The van der Waals surface area contributed by atoms with Crippen LogP contribution in [0.5, 0.6) is 0 Å². The molecule has 0 aliphatic carbocycles. The summed E-state index contributed by atoms with van der Waals surface area (Å²) in [5, 5.41) is 7.25. The zero-order valence-electron chi connectivity index (χ0n) is 24.4. The Balaban J connectivity index is 1.31. The number of hydrogen-bond acceptors (Lipinski definition) is 2. The maximum absolute atomic E-state index is 6.47. The van der Waals surface area contributed by atoms with Gasteiger partial charge in [0.05, 0.1) is 0 Å². The minimum atomic E-state index is 0.652. The first-order chi connectivity index (χ1) is 21.2. The topological polar surface area (TPSA) is 26.0 Å². The highest BCUT2D eigenvalue weighted by molar-refractivity contribution is 6.18. The van der Waals surface area contributed by atoms with Crippen LogP contribution in [0.2, 0.25) is 0 Å². The highest BCUT2D eigenvalue weighted by Gasteiger charge is 2.16. The largest absolute Gasteiger partial charge is 0.435 e. The van der Waals surface area contributed by atoms with Crippen LogP contribution >= 0.6 is 0 Å². The van der Waals surface area contributed by atoms with Crippen LogP contribution < -0.4 is 0 Å². The van der Waals surface area contributed by atoms with Crippen molar-refractivity contribution >= 4 is 43.4 Å². The molecule has 2 heteroatoms. The Morgan fingerprint density at radius 3 is 2.07 bits per heavy atom. The second-order valence-electron chi connectivity index (χ2n) is 11.3. The molecule has 0 bridgehead atoms. The standard InChI is InChI=1S/C41H31NO/c1-3-26-14-15-28-10-8-9-13-34(28)38(26)35-22-20-32(24-27(35)4-2)33-19-17-29-16-18-30-21-23-37-40(39(30)36(29)25-33)43-41(42-37)31-11-6-5-7-12-31/h5-25H,3-4H2,1-2H3. The summed E-state index contributed by atoms with van der Waals surface area (Å²) >= 11 is 0. The van der Waals surface area contributed by atoms with E-state index in [0.717, 1.165) is 40.3 Å². The van der Waals surface area contributed by atoms with Gasteiger partial charge in [0.25, 0.3) is 0 Å². The number of benzene rings is 7. The van der Waals surface area contributed by atoms with Crippen LogP contribution in [0.3, 0.4) is 0 Å². The average Bonchev–Trinajstić information content (AvgIpc) is 3.52. The van der Waals surface area contributed by atoms with Crippen LogP contribution in [0.15, 0.2) is 132 Å². The molecule has 206 valence electrons. The van der Waals surface area contributed by atoms with E-state index < -0.39 is 0 Å². The quantitative estimate of drug-likeness (QED) is 0.198. The van der Waals surface area contributed by atoms with E-state index in [1.807, 2.05) is 30.3 Å². The van der Waals surface area contributed by atoms with Crippen molar-refractivity contribution in [1.29, 1.82) is 0 Å². The molecule has 8 rings (SSSR count). The number of aryl methyl sites for hydroxylation is 2. The summed E-state index contributed by atoms with van der Waals surface area (Å²) < 4.78 is 6.47. The SMILES string of the molecule is CCc1cc(-c2ccc3ccc4ccc5nc(-c6ccccc6)oc5c4c3c2)ccc1-c1c(CC)ccc2ccccc12. The summed E-state index contributed by atoms with van der Waals surface area (Å²) in [6.45, 7) is 4.51.